The zero-order valence-corrected chi connectivity index (χ0v) is 19.6. The standard InChI is InChI=1S/C22H23N5O7S/c1-2-30-20(28)13-5-3-6-14(9-13)23-22(29)34-17-11-33-18-16(10-32-19(17)18)27-21(24-25-26-27)35-12-15-7-4-8-31-15/h3-9,16-19H,2,10-12H2,1H3,(H,23,29)/t16-,17+,18+,19+/m0/s1. The first-order valence-corrected chi connectivity index (χ1v) is 12.0. The molecule has 1 aromatic carbocycles. The van der Waals surface area contributed by atoms with E-state index in [9.17, 15) is 9.59 Å². The van der Waals surface area contributed by atoms with Gasteiger partial charge in [0, 0.05) is 5.69 Å². The van der Waals surface area contributed by atoms with Crippen LogP contribution in [0.4, 0.5) is 10.5 Å². The molecule has 12 nitrogen and oxygen atoms in total. The molecular formula is C22H23N5O7S. The summed E-state index contributed by atoms with van der Waals surface area (Å²) >= 11 is 1.44. The number of rotatable bonds is 8. The number of anilines is 1. The fourth-order valence-corrected chi connectivity index (χ4v) is 4.83. The zero-order valence-electron chi connectivity index (χ0n) is 18.7. The summed E-state index contributed by atoms with van der Waals surface area (Å²) in [6.07, 6.45) is -0.484. The van der Waals surface area contributed by atoms with Gasteiger partial charge in [-0.25, -0.2) is 14.3 Å². The van der Waals surface area contributed by atoms with Crippen molar-refractivity contribution < 1.29 is 33.0 Å². The van der Waals surface area contributed by atoms with Crippen LogP contribution < -0.4 is 5.32 Å². The van der Waals surface area contributed by atoms with Crippen molar-refractivity contribution >= 4 is 29.5 Å². The van der Waals surface area contributed by atoms with Crippen LogP contribution in [0, 0.1) is 0 Å². The normalized spacial score (nSPS) is 23.1. The molecule has 0 bridgehead atoms. The average molecular weight is 502 g/mol. The smallest absolute Gasteiger partial charge is 0.412 e. The molecule has 0 aliphatic carbocycles. The summed E-state index contributed by atoms with van der Waals surface area (Å²) in [5.41, 5.74) is 0.742. The van der Waals surface area contributed by atoms with Crippen molar-refractivity contribution in [1.29, 1.82) is 0 Å². The minimum absolute atomic E-state index is 0.180. The molecule has 1 N–H and O–H groups in total. The van der Waals surface area contributed by atoms with Gasteiger partial charge >= 0.3 is 12.1 Å². The van der Waals surface area contributed by atoms with E-state index < -0.39 is 24.3 Å². The summed E-state index contributed by atoms with van der Waals surface area (Å²) in [4.78, 5) is 24.4. The highest BCUT2D eigenvalue weighted by Crippen LogP contribution is 2.37. The number of aromatic nitrogens is 4. The van der Waals surface area contributed by atoms with Gasteiger partial charge in [-0.1, -0.05) is 17.8 Å². The van der Waals surface area contributed by atoms with Crippen molar-refractivity contribution in [3.05, 3.63) is 54.0 Å². The maximum absolute atomic E-state index is 12.5. The summed E-state index contributed by atoms with van der Waals surface area (Å²) in [6.45, 7) is 2.49. The summed E-state index contributed by atoms with van der Waals surface area (Å²) in [5, 5.41) is 15.3. The van der Waals surface area contributed by atoms with Crippen molar-refractivity contribution in [3.8, 4) is 0 Å². The Morgan fingerprint density at radius 2 is 2.09 bits per heavy atom. The molecular weight excluding hydrogens is 478 g/mol. The molecule has 4 heterocycles. The van der Waals surface area contributed by atoms with Crippen LogP contribution in [0.5, 0.6) is 0 Å². The quantitative estimate of drug-likeness (QED) is 0.360. The Morgan fingerprint density at radius 1 is 1.20 bits per heavy atom. The van der Waals surface area contributed by atoms with E-state index in [0.29, 0.717) is 28.8 Å². The minimum Gasteiger partial charge on any atom is -0.468 e. The number of nitrogens with one attached hydrogen (secondary N) is 1. The topological polar surface area (TPSA) is 140 Å². The van der Waals surface area contributed by atoms with Crippen molar-refractivity contribution in [2.24, 2.45) is 0 Å². The number of benzene rings is 1. The van der Waals surface area contributed by atoms with Crippen LogP contribution in [0.2, 0.25) is 0 Å². The van der Waals surface area contributed by atoms with Crippen LogP contribution in [0.3, 0.4) is 0 Å². The number of nitrogens with zero attached hydrogens (tertiary/aromatic N) is 4. The average Bonchev–Trinajstić information content (AvgIpc) is 3.64. The number of esters is 1. The van der Waals surface area contributed by atoms with Crippen LogP contribution in [-0.2, 0) is 24.7 Å². The molecule has 2 aromatic heterocycles. The molecule has 2 aliphatic heterocycles. The van der Waals surface area contributed by atoms with Crippen molar-refractivity contribution in [3.63, 3.8) is 0 Å². The van der Waals surface area contributed by atoms with Crippen LogP contribution >= 0.6 is 11.8 Å². The Balaban J connectivity index is 1.18. The first-order valence-electron chi connectivity index (χ1n) is 11.0. The Kier molecular flexibility index (Phi) is 6.97. The van der Waals surface area contributed by atoms with E-state index >= 15 is 0 Å². The van der Waals surface area contributed by atoms with E-state index in [1.165, 1.54) is 17.8 Å². The highest BCUT2D eigenvalue weighted by Gasteiger charge is 2.51. The van der Waals surface area contributed by atoms with Crippen molar-refractivity contribution in [1.82, 2.24) is 20.2 Å². The number of amides is 1. The van der Waals surface area contributed by atoms with E-state index in [4.69, 9.17) is 23.4 Å². The van der Waals surface area contributed by atoms with E-state index in [1.807, 2.05) is 12.1 Å². The lowest BCUT2D eigenvalue weighted by atomic mass is 10.1. The molecule has 4 atom stereocenters. The lowest BCUT2D eigenvalue weighted by molar-refractivity contribution is 0.00751. The van der Waals surface area contributed by atoms with Crippen molar-refractivity contribution in [2.75, 3.05) is 25.1 Å². The summed E-state index contributed by atoms with van der Waals surface area (Å²) in [5.74, 6) is 0.930. The van der Waals surface area contributed by atoms with Crippen LogP contribution in [0.25, 0.3) is 0 Å². The van der Waals surface area contributed by atoms with Crippen LogP contribution in [-0.4, -0.2) is 70.4 Å². The maximum atomic E-state index is 12.5. The molecule has 3 aromatic rings. The SMILES string of the molecule is CCOC(=O)c1cccc(NC(=O)O[C@@H]2CO[C@H]3[C@@H]2OC[C@@H]3n2nnnc2SCc2ccco2)c1. The molecule has 35 heavy (non-hydrogen) atoms. The monoisotopic (exact) mass is 501 g/mol. The number of carbonyl (C=O) groups excluding carboxylic acids is 2. The number of furan rings is 1. The van der Waals surface area contributed by atoms with Crippen molar-refractivity contribution in [2.45, 2.75) is 42.2 Å². The van der Waals surface area contributed by atoms with E-state index in [2.05, 4.69) is 20.8 Å². The molecule has 0 radical (unpaired) electrons. The predicted octanol–water partition coefficient (Wildman–Crippen LogP) is 2.69. The first-order chi connectivity index (χ1) is 17.1. The van der Waals surface area contributed by atoms with Gasteiger partial charge in [0.05, 0.1) is 37.4 Å². The number of ether oxygens (including phenoxy) is 4. The number of thioether (sulfide) groups is 1. The van der Waals surface area contributed by atoms with Crippen LogP contribution in [0.1, 0.15) is 29.1 Å². The highest BCUT2D eigenvalue weighted by molar-refractivity contribution is 7.98. The summed E-state index contributed by atoms with van der Waals surface area (Å²) in [7, 11) is 0. The number of hydrogen-bond acceptors (Lipinski definition) is 11. The Labute approximate surface area is 204 Å². The van der Waals surface area contributed by atoms with Gasteiger partial charge in [-0.05, 0) is 47.7 Å². The Hall–Kier alpha value is -3.42. The first kappa shape index (κ1) is 23.3. The summed E-state index contributed by atoms with van der Waals surface area (Å²) < 4.78 is 29.5. The third-order valence-electron chi connectivity index (χ3n) is 5.56. The van der Waals surface area contributed by atoms with Gasteiger partial charge in [-0.2, -0.15) is 0 Å². The highest BCUT2D eigenvalue weighted by atomic mass is 32.2. The lowest BCUT2D eigenvalue weighted by Gasteiger charge is -2.17. The molecule has 0 saturated carbocycles. The molecule has 2 aliphatic rings. The van der Waals surface area contributed by atoms with Gasteiger partial charge in [-0.3, -0.25) is 5.32 Å². The van der Waals surface area contributed by atoms with E-state index in [1.54, 1.807) is 36.1 Å². The Morgan fingerprint density at radius 3 is 2.91 bits per heavy atom. The van der Waals surface area contributed by atoms with Gasteiger partial charge in [0.1, 0.15) is 24.0 Å². The third kappa shape index (κ3) is 5.16. The van der Waals surface area contributed by atoms with Crippen LogP contribution in [0.15, 0.2) is 52.2 Å². The fourth-order valence-electron chi connectivity index (χ4n) is 4.00. The molecule has 184 valence electrons. The molecule has 1 amide bonds. The number of carbonyl (C=O) groups is 2. The Bertz CT molecular complexity index is 1170. The largest absolute Gasteiger partial charge is 0.468 e. The zero-order chi connectivity index (χ0) is 24.2. The molecule has 5 rings (SSSR count). The molecule has 13 heteroatoms. The summed E-state index contributed by atoms with van der Waals surface area (Å²) in [6, 6.07) is 9.89. The third-order valence-corrected chi connectivity index (χ3v) is 6.52. The molecule has 0 spiro atoms. The number of fused-ring (bicyclic) bond motifs is 1. The van der Waals surface area contributed by atoms with Gasteiger partial charge in [0.25, 0.3) is 0 Å². The number of tetrazole rings is 1. The number of hydrogen-bond donors (Lipinski definition) is 1. The second-order valence-electron chi connectivity index (χ2n) is 7.81. The fraction of sp³-hybridized carbons (Fsp3) is 0.409. The second-order valence-corrected chi connectivity index (χ2v) is 8.75. The minimum atomic E-state index is -0.676. The van der Waals surface area contributed by atoms with Gasteiger partial charge in [0.15, 0.2) is 6.10 Å². The predicted molar refractivity (Wildman–Crippen MR) is 121 cm³/mol. The molecule has 0 unspecified atom stereocenters. The van der Waals surface area contributed by atoms with Gasteiger partial charge in [0.2, 0.25) is 5.16 Å². The maximum Gasteiger partial charge on any atom is 0.412 e. The van der Waals surface area contributed by atoms with Gasteiger partial charge < -0.3 is 23.4 Å². The second kappa shape index (κ2) is 10.5. The van der Waals surface area contributed by atoms with E-state index in [-0.39, 0.29) is 25.4 Å². The van der Waals surface area contributed by atoms with E-state index in [0.717, 1.165) is 5.76 Å². The van der Waals surface area contributed by atoms with Gasteiger partial charge in [-0.15, -0.1) is 5.10 Å². The molecule has 2 saturated heterocycles. The lowest BCUT2D eigenvalue weighted by Crippen LogP contribution is -2.35. The molecule has 2 fully saturated rings.